The number of aromatic nitrogens is 3. The van der Waals surface area contributed by atoms with Gasteiger partial charge in [-0.25, -0.2) is 9.67 Å². The van der Waals surface area contributed by atoms with Crippen LogP contribution in [0.25, 0.3) is 0 Å². The summed E-state index contributed by atoms with van der Waals surface area (Å²) in [5, 5.41) is 4.05. The first-order valence-electron chi connectivity index (χ1n) is 3.23. The Morgan fingerprint density at radius 1 is 1.78 bits per heavy atom. The molecule has 2 rings (SSSR count). The maximum absolute atomic E-state index is 4.10. The van der Waals surface area contributed by atoms with Gasteiger partial charge in [0.1, 0.15) is 12.2 Å². The number of hydrogen-bond donors (Lipinski definition) is 0. The van der Waals surface area contributed by atoms with E-state index in [0.717, 1.165) is 24.7 Å². The van der Waals surface area contributed by atoms with Crippen LogP contribution in [0.4, 0.5) is 0 Å². The van der Waals surface area contributed by atoms with E-state index >= 15 is 0 Å². The van der Waals surface area contributed by atoms with Gasteiger partial charge in [0.15, 0.2) is 0 Å². The topological polar surface area (TPSA) is 30.7 Å². The fraction of sp³-hybridized carbons (Fsp3) is 0.667. The molecule has 3 heteroatoms. The van der Waals surface area contributed by atoms with E-state index in [1.807, 2.05) is 4.68 Å². The van der Waals surface area contributed by atoms with Gasteiger partial charge in [-0.15, -0.1) is 0 Å². The SMILES string of the molecule is CC1Cc2ncnn2C1. The average Bonchev–Trinajstić information content (AvgIpc) is 2.22. The van der Waals surface area contributed by atoms with Crippen molar-refractivity contribution in [2.45, 2.75) is 19.9 Å². The number of nitrogens with zero attached hydrogens (tertiary/aromatic N) is 3. The Kier molecular flexibility index (Phi) is 0.860. The van der Waals surface area contributed by atoms with Gasteiger partial charge in [0, 0.05) is 13.0 Å². The van der Waals surface area contributed by atoms with Crippen LogP contribution in [0.2, 0.25) is 0 Å². The first kappa shape index (κ1) is 4.97. The van der Waals surface area contributed by atoms with Crippen molar-refractivity contribution in [3.05, 3.63) is 12.2 Å². The van der Waals surface area contributed by atoms with Gasteiger partial charge in [0.25, 0.3) is 0 Å². The second-order valence-corrected chi connectivity index (χ2v) is 2.67. The highest BCUT2D eigenvalue weighted by Crippen LogP contribution is 2.15. The molecule has 1 aliphatic heterocycles. The van der Waals surface area contributed by atoms with E-state index in [-0.39, 0.29) is 0 Å². The van der Waals surface area contributed by atoms with Gasteiger partial charge in [-0.05, 0) is 5.92 Å². The highest BCUT2D eigenvalue weighted by molar-refractivity contribution is 4.92. The van der Waals surface area contributed by atoms with E-state index in [9.17, 15) is 0 Å². The molecule has 0 bridgehead atoms. The van der Waals surface area contributed by atoms with Crippen molar-refractivity contribution in [3.8, 4) is 0 Å². The lowest BCUT2D eigenvalue weighted by molar-refractivity contribution is 0.528. The summed E-state index contributed by atoms with van der Waals surface area (Å²) in [6, 6.07) is 0. The van der Waals surface area contributed by atoms with E-state index in [4.69, 9.17) is 0 Å². The lowest BCUT2D eigenvalue weighted by atomic mass is 10.1. The Morgan fingerprint density at radius 2 is 2.67 bits per heavy atom. The Hall–Kier alpha value is -0.860. The summed E-state index contributed by atoms with van der Waals surface area (Å²) < 4.78 is 1.98. The van der Waals surface area contributed by atoms with Crippen LogP contribution in [0.5, 0.6) is 0 Å². The van der Waals surface area contributed by atoms with E-state index < -0.39 is 0 Å². The first-order valence-corrected chi connectivity index (χ1v) is 3.23. The van der Waals surface area contributed by atoms with Crippen LogP contribution in [-0.4, -0.2) is 14.8 Å². The van der Waals surface area contributed by atoms with Crippen LogP contribution in [-0.2, 0) is 13.0 Å². The van der Waals surface area contributed by atoms with Crippen LogP contribution in [0.3, 0.4) is 0 Å². The fourth-order valence-electron chi connectivity index (χ4n) is 1.27. The van der Waals surface area contributed by atoms with Gasteiger partial charge in [-0.3, -0.25) is 0 Å². The van der Waals surface area contributed by atoms with Gasteiger partial charge in [0.05, 0.1) is 0 Å². The molecule has 3 nitrogen and oxygen atoms in total. The van der Waals surface area contributed by atoms with Crippen molar-refractivity contribution in [2.24, 2.45) is 5.92 Å². The highest BCUT2D eigenvalue weighted by Gasteiger charge is 2.17. The molecule has 0 aromatic carbocycles. The van der Waals surface area contributed by atoms with Crippen molar-refractivity contribution in [1.82, 2.24) is 14.8 Å². The summed E-state index contributed by atoms with van der Waals surface area (Å²) in [5.41, 5.74) is 0. The van der Waals surface area contributed by atoms with Crippen molar-refractivity contribution in [2.75, 3.05) is 0 Å². The Morgan fingerprint density at radius 3 is 3.44 bits per heavy atom. The molecule has 0 fully saturated rings. The first-order chi connectivity index (χ1) is 4.36. The molecule has 0 aliphatic carbocycles. The minimum Gasteiger partial charge on any atom is -0.250 e. The summed E-state index contributed by atoms with van der Waals surface area (Å²) >= 11 is 0. The second kappa shape index (κ2) is 1.56. The van der Waals surface area contributed by atoms with E-state index in [2.05, 4.69) is 17.0 Å². The molecule has 2 heterocycles. The number of fused-ring (bicyclic) bond motifs is 1. The molecule has 0 saturated heterocycles. The fourth-order valence-corrected chi connectivity index (χ4v) is 1.27. The lowest BCUT2D eigenvalue weighted by Gasteiger charge is -1.93. The predicted molar refractivity (Wildman–Crippen MR) is 32.9 cm³/mol. The minimum absolute atomic E-state index is 0.737. The molecule has 1 unspecified atom stereocenters. The highest BCUT2D eigenvalue weighted by atomic mass is 15.3. The van der Waals surface area contributed by atoms with Crippen molar-refractivity contribution in [1.29, 1.82) is 0 Å². The Labute approximate surface area is 53.7 Å². The molecule has 1 atom stereocenters. The second-order valence-electron chi connectivity index (χ2n) is 2.67. The molecule has 0 saturated carbocycles. The molecule has 0 radical (unpaired) electrons. The third-order valence-electron chi connectivity index (χ3n) is 1.71. The zero-order valence-electron chi connectivity index (χ0n) is 5.41. The van der Waals surface area contributed by atoms with Gasteiger partial charge in [0.2, 0.25) is 0 Å². The van der Waals surface area contributed by atoms with Crippen LogP contribution in [0.15, 0.2) is 6.33 Å². The van der Waals surface area contributed by atoms with Gasteiger partial charge >= 0.3 is 0 Å². The van der Waals surface area contributed by atoms with E-state index in [1.54, 1.807) is 6.33 Å². The minimum atomic E-state index is 0.737. The van der Waals surface area contributed by atoms with Gasteiger partial charge in [-0.1, -0.05) is 6.92 Å². The zero-order chi connectivity index (χ0) is 6.27. The molecular formula is C6H9N3. The summed E-state index contributed by atoms with van der Waals surface area (Å²) in [6.07, 6.45) is 2.72. The van der Waals surface area contributed by atoms with Gasteiger partial charge in [-0.2, -0.15) is 5.10 Å². The predicted octanol–water partition coefficient (Wildman–Crippen LogP) is 0.470. The third kappa shape index (κ3) is 0.642. The van der Waals surface area contributed by atoms with Crippen LogP contribution >= 0.6 is 0 Å². The molecule has 1 aromatic rings. The molecule has 1 aliphatic rings. The quantitative estimate of drug-likeness (QED) is 0.502. The molecule has 1 aromatic heterocycles. The molecule has 0 amide bonds. The molecule has 0 spiro atoms. The maximum atomic E-state index is 4.10. The van der Waals surface area contributed by atoms with E-state index in [0.29, 0.717) is 0 Å². The third-order valence-corrected chi connectivity index (χ3v) is 1.71. The summed E-state index contributed by atoms with van der Waals surface area (Å²) in [4.78, 5) is 4.10. The van der Waals surface area contributed by atoms with Crippen molar-refractivity contribution < 1.29 is 0 Å². The van der Waals surface area contributed by atoms with Crippen molar-refractivity contribution in [3.63, 3.8) is 0 Å². The van der Waals surface area contributed by atoms with Crippen LogP contribution in [0, 0.1) is 5.92 Å². The molecular weight excluding hydrogens is 114 g/mol. The lowest BCUT2D eigenvalue weighted by Crippen LogP contribution is -1.98. The number of rotatable bonds is 0. The van der Waals surface area contributed by atoms with Crippen molar-refractivity contribution >= 4 is 0 Å². The maximum Gasteiger partial charge on any atom is 0.138 e. The summed E-state index contributed by atoms with van der Waals surface area (Å²) in [7, 11) is 0. The Balaban J connectivity index is 2.39. The van der Waals surface area contributed by atoms with Crippen LogP contribution in [0.1, 0.15) is 12.7 Å². The zero-order valence-corrected chi connectivity index (χ0v) is 5.41. The summed E-state index contributed by atoms with van der Waals surface area (Å²) in [6.45, 7) is 3.27. The average molecular weight is 123 g/mol. The smallest absolute Gasteiger partial charge is 0.138 e. The van der Waals surface area contributed by atoms with Gasteiger partial charge < -0.3 is 0 Å². The number of hydrogen-bond acceptors (Lipinski definition) is 2. The monoisotopic (exact) mass is 123 g/mol. The largest absolute Gasteiger partial charge is 0.250 e. The molecule has 9 heavy (non-hydrogen) atoms. The standard InChI is InChI=1S/C6H9N3/c1-5-2-6-7-4-8-9(6)3-5/h4-5H,2-3H2,1H3. The Bertz CT molecular complexity index is 195. The van der Waals surface area contributed by atoms with E-state index in [1.165, 1.54) is 0 Å². The normalized spacial score (nSPS) is 24.3. The summed E-state index contributed by atoms with van der Waals surface area (Å²) in [5.74, 6) is 1.88. The van der Waals surface area contributed by atoms with Crippen LogP contribution < -0.4 is 0 Å². The molecule has 0 N–H and O–H groups in total. The molecule has 48 valence electrons.